The van der Waals surface area contributed by atoms with Crippen LogP contribution in [0.1, 0.15) is 20.3 Å². The molecular formula is C14H22O3. The van der Waals surface area contributed by atoms with Crippen molar-refractivity contribution < 1.29 is 14.6 Å². The summed E-state index contributed by atoms with van der Waals surface area (Å²) in [7, 11) is 1.63. The Morgan fingerprint density at radius 1 is 1.18 bits per heavy atom. The van der Waals surface area contributed by atoms with Crippen LogP contribution in [-0.2, 0) is 0 Å². The topological polar surface area (TPSA) is 38.7 Å². The van der Waals surface area contributed by atoms with Crippen LogP contribution in [0.4, 0.5) is 0 Å². The van der Waals surface area contributed by atoms with E-state index in [4.69, 9.17) is 9.47 Å². The molecule has 96 valence electrons. The Kier molecular flexibility index (Phi) is 5.84. The Morgan fingerprint density at radius 3 is 2.35 bits per heavy atom. The van der Waals surface area contributed by atoms with E-state index in [9.17, 15) is 5.11 Å². The molecule has 1 rings (SSSR count). The third kappa shape index (κ3) is 4.27. The molecule has 0 aliphatic rings. The number of ether oxygens (including phenoxy) is 2. The first-order valence-electron chi connectivity index (χ1n) is 6.05. The molecule has 0 aliphatic heterocycles. The summed E-state index contributed by atoms with van der Waals surface area (Å²) in [6, 6.07) is 7.60. The van der Waals surface area contributed by atoms with Crippen LogP contribution in [0.5, 0.6) is 11.5 Å². The number of aliphatic hydroxyl groups is 1. The number of hydrogen-bond acceptors (Lipinski definition) is 3. The van der Waals surface area contributed by atoms with Gasteiger partial charge in [-0.15, -0.1) is 0 Å². The molecule has 0 amide bonds. The molecule has 1 atom stereocenters. The van der Waals surface area contributed by atoms with Gasteiger partial charge in [0.25, 0.3) is 0 Å². The average Bonchev–Trinajstić information content (AvgIpc) is 2.34. The van der Waals surface area contributed by atoms with E-state index in [1.165, 1.54) is 0 Å². The molecule has 0 spiro atoms. The van der Waals surface area contributed by atoms with Gasteiger partial charge in [0.2, 0.25) is 0 Å². The maximum absolute atomic E-state index is 9.21. The summed E-state index contributed by atoms with van der Waals surface area (Å²) < 4.78 is 10.9. The molecule has 1 N–H and O–H groups in total. The highest BCUT2D eigenvalue weighted by molar-refractivity contribution is 5.39. The van der Waals surface area contributed by atoms with Crippen LogP contribution in [0, 0.1) is 11.8 Å². The summed E-state index contributed by atoms with van der Waals surface area (Å²) >= 11 is 0. The molecule has 17 heavy (non-hydrogen) atoms. The van der Waals surface area contributed by atoms with E-state index in [0.29, 0.717) is 18.4 Å². The monoisotopic (exact) mass is 238 g/mol. The highest BCUT2D eigenvalue weighted by Crippen LogP contribution is 2.26. The van der Waals surface area contributed by atoms with Gasteiger partial charge in [-0.05, 0) is 30.4 Å². The van der Waals surface area contributed by atoms with Crippen molar-refractivity contribution in [2.75, 3.05) is 20.3 Å². The number of benzene rings is 1. The van der Waals surface area contributed by atoms with E-state index < -0.39 is 0 Å². The van der Waals surface area contributed by atoms with Gasteiger partial charge in [-0.3, -0.25) is 0 Å². The highest BCUT2D eigenvalue weighted by atomic mass is 16.5. The molecule has 0 saturated heterocycles. The van der Waals surface area contributed by atoms with Crippen LogP contribution in [0.25, 0.3) is 0 Å². The molecule has 0 radical (unpaired) electrons. The molecule has 3 heteroatoms. The van der Waals surface area contributed by atoms with E-state index in [1.54, 1.807) is 7.11 Å². The predicted molar refractivity (Wildman–Crippen MR) is 68.5 cm³/mol. The van der Waals surface area contributed by atoms with Gasteiger partial charge in [-0.2, -0.15) is 0 Å². The molecule has 0 aliphatic carbocycles. The Morgan fingerprint density at radius 2 is 1.82 bits per heavy atom. The number of rotatable bonds is 7. The minimum atomic E-state index is 0.215. The summed E-state index contributed by atoms with van der Waals surface area (Å²) in [5.74, 6) is 2.28. The lowest BCUT2D eigenvalue weighted by atomic mass is 9.94. The molecule has 0 aromatic heterocycles. The van der Waals surface area contributed by atoms with Gasteiger partial charge in [0.15, 0.2) is 11.5 Å². The number of hydrogen-bond donors (Lipinski definition) is 1. The standard InChI is InChI=1S/C14H22O3/c1-11(2)12(10-15)8-9-17-14-7-5-4-6-13(14)16-3/h4-7,11-12,15H,8-10H2,1-3H3. The highest BCUT2D eigenvalue weighted by Gasteiger charge is 2.12. The zero-order valence-corrected chi connectivity index (χ0v) is 10.8. The van der Waals surface area contributed by atoms with Gasteiger partial charge in [-0.1, -0.05) is 26.0 Å². The van der Waals surface area contributed by atoms with Crippen LogP contribution in [0.2, 0.25) is 0 Å². The van der Waals surface area contributed by atoms with Crippen LogP contribution >= 0.6 is 0 Å². The normalized spacial score (nSPS) is 12.5. The van der Waals surface area contributed by atoms with Gasteiger partial charge < -0.3 is 14.6 Å². The van der Waals surface area contributed by atoms with Crippen LogP contribution in [0.3, 0.4) is 0 Å². The van der Waals surface area contributed by atoms with E-state index in [-0.39, 0.29) is 6.61 Å². The maximum atomic E-state index is 9.21. The largest absolute Gasteiger partial charge is 0.493 e. The molecule has 3 nitrogen and oxygen atoms in total. The molecule has 1 aromatic rings. The minimum Gasteiger partial charge on any atom is -0.493 e. The zero-order valence-electron chi connectivity index (χ0n) is 10.8. The van der Waals surface area contributed by atoms with E-state index >= 15 is 0 Å². The van der Waals surface area contributed by atoms with E-state index in [2.05, 4.69) is 13.8 Å². The van der Waals surface area contributed by atoms with Crippen molar-refractivity contribution in [1.82, 2.24) is 0 Å². The van der Waals surface area contributed by atoms with Crippen molar-refractivity contribution in [3.05, 3.63) is 24.3 Å². The van der Waals surface area contributed by atoms with E-state index in [1.807, 2.05) is 24.3 Å². The quantitative estimate of drug-likeness (QED) is 0.793. The van der Waals surface area contributed by atoms with Gasteiger partial charge in [-0.25, -0.2) is 0 Å². The van der Waals surface area contributed by atoms with Gasteiger partial charge in [0.1, 0.15) is 0 Å². The van der Waals surface area contributed by atoms with Crippen molar-refractivity contribution in [2.24, 2.45) is 11.8 Å². The molecular weight excluding hydrogens is 216 g/mol. The third-order valence-electron chi connectivity index (χ3n) is 2.99. The molecule has 1 unspecified atom stereocenters. The summed E-state index contributed by atoms with van der Waals surface area (Å²) in [5, 5.41) is 9.21. The van der Waals surface area contributed by atoms with Gasteiger partial charge in [0, 0.05) is 6.61 Å². The number of aliphatic hydroxyl groups excluding tert-OH is 1. The lowest BCUT2D eigenvalue weighted by Crippen LogP contribution is -2.16. The summed E-state index contributed by atoms with van der Waals surface area (Å²) in [5.41, 5.74) is 0. The van der Waals surface area contributed by atoms with Crippen molar-refractivity contribution in [1.29, 1.82) is 0 Å². The first kappa shape index (κ1) is 13.8. The molecule has 0 saturated carbocycles. The fraction of sp³-hybridized carbons (Fsp3) is 0.571. The molecule has 0 heterocycles. The molecule has 1 aromatic carbocycles. The third-order valence-corrected chi connectivity index (χ3v) is 2.99. The van der Waals surface area contributed by atoms with Crippen molar-refractivity contribution in [3.63, 3.8) is 0 Å². The maximum Gasteiger partial charge on any atom is 0.161 e. The Balaban J connectivity index is 2.45. The molecule has 0 bridgehead atoms. The van der Waals surface area contributed by atoms with Gasteiger partial charge >= 0.3 is 0 Å². The van der Waals surface area contributed by atoms with Crippen LogP contribution in [0.15, 0.2) is 24.3 Å². The van der Waals surface area contributed by atoms with Crippen molar-refractivity contribution in [3.8, 4) is 11.5 Å². The fourth-order valence-electron chi connectivity index (χ4n) is 1.69. The minimum absolute atomic E-state index is 0.215. The van der Waals surface area contributed by atoms with Gasteiger partial charge in [0.05, 0.1) is 13.7 Å². The number of para-hydroxylation sites is 2. The zero-order chi connectivity index (χ0) is 12.7. The van der Waals surface area contributed by atoms with Crippen molar-refractivity contribution in [2.45, 2.75) is 20.3 Å². The van der Waals surface area contributed by atoms with Crippen molar-refractivity contribution >= 4 is 0 Å². The lowest BCUT2D eigenvalue weighted by Gasteiger charge is -2.18. The fourth-order valence-corrected chi connectivity index (χ4v) is 1.69. The smallest absolute Gasteiger partial charge is 0.161 e. The average molecular weight is 238 g/mol. The Bertz CT molecular complexity index is 323. The second-order valence-corrected chi connectivity index (χ2v) is 4.47. The predicted octanol–water partition coefficient (Wildman–Crippen LogP) is 2.73. The van der Waals surface area contributed by atoms with Crippen LogP contribution in [-0.4, -0.2) is 25.4 Å². The summed E-state index contributed by atoms with van der Waals surface area (Å²) in [6.45, 7) is 5.05. The first-order valence-corrected chi connectivity index (χ1v) is 6.05. The second kappa shape index (κ2) is 7.17. The van der Waals surface area contributed by atoms with E-state index in [0.717, 1.165) is 17.9 Å². The Labute approximate surface area is 103 Å². The van der Waals surface area contributed by atoms with Crippen LogP contribution < -0.4 is 9.47 Å². The number of methoxy groups -OCH3 is 1. The lowest BCUT2D eigenvalue weighted by molar-refractivity contribution is 0.157. The summed E-state index contributed by atoms with van der Waals surface area (Å²) in [6.07, 6.45) is 0.853. The molecule has 0 fully saturated rings. The second-order valence-electron chi connectivity index (χ2n) is 4.47. The summed E-state index contributed by atoms with van der Waals surface area (Å²) in [4.78, 5) is 0. The first-order chi connectivity index (χ1) is 8.19. The SMILES string of the molecule is COc1ccccc1OCCC(CO)C(C)C. The Hall–Kier alpha value is -1.22.